The number of terminal acetylenes is 1. The van der Waals surface area contributed by atoms with Crippen LogP contribution < -0.4 is 0 Å². The van der Waals surface area contributed by atoms with Gasteiger partial charge in [-0.1, -0.05) is 56.3 Å². The third-order valence-electron chi connectivity index (χ3n) is 2.56. The molecule has 1 rings (SSSR count). The van der Waals surface area contributed by atoms with Gasteiger partial charge in [-0.2, -0.15) is 0 Å². The van der Waals surface area contributed by atoms with Gasteiger partial charge in [-0.05, 0) is 11.5 Å². The van der Waals surface area contributed by atoms with Gasteiger partial charge in [0.2, 0.25) is 0 Å². The highest BCUT2D eigenvalue weighted by atomic mass is 16.3. The quantitative estimate of drug-likeness (QED) is 0.764. The van der Waals surface area contributed by atoms with E-state index in [-0.39, 0.29) is 11.8 Å². The van der Waals surface area contributed by atoms with Crippen molar-refractivity contribution in [3.63, 3.8) is 0 Å². The van der Waals surface area contributed by atoms with E-state index < -0.39 is 6.10 Å². The first kappa shape index (κ1) is 12.5. The molecule has 84 valence electrons. The molecule has 1 nitrogen and oxygen atoms in total. The van der Waals surface area contributed by atoms with Gasteiger partial charge in [-0.25, -0.2) is 0 Å². The second kappa shape index (κ2) is 6.15. The molecule has 2 atom stereocenters. The van der Waals surface area contributed by atoms with Crippen molar-refractivity contribution in [2.24, 2.45) is 11.8 Å². The Balaban J connectivity index is 2.68. The maximum atomic E-state index is 9.91. The molecule has 0 radical (unpaired) electrons. The molecule has 0 bridgehead atoms. The number of hydrogen-bond acceptors (Lipinski definition) is 1. The van der Waals surface area contributed by atoms with Crippen LogP contribution in [-0.4, -0.2) is 11.2 Å². The number of benzene rings is 1. The monoisotopic (exact) mass is 214 g/mol. The summed E-state index contributed by atoms with van der Waals surface area (Å²) in [5.74, 6) is 2.79. The molecule has 0 aromatic heterocycles. The van der Waals surface area contributed by atoms with E-state index in [4.69, 9.17) is 6.42 Å². The Morgan fingerprint density at radius 3 is 2.38 bits per heavy atom. The summed E-state index contributed by atoms with van der Waals surface area (Å²) in [6, 6.07) is 9.87. The van der Waals surface area contributed by atoms with E-state index in [9.17, 15) is 5.11 Å². The van der Waals surface area contributed by atoms with Crippen LogP contribution in [0, 0.1) is 24.2 Å². The zero-order valence-corrected chi connectivity index (χ0v) is 9.80. The lowest BCUT2D eigenvalue weighted by Crippen LogP contribution is -2.21. The molecule has 0 spiro atoms. The Morgan fingerprint density at radius 2 is 1.88 bits per heavy atom. The second-order valence-electron chi connectivity index (χ2n) is 4.20. The topological polar surface area (TPSA) is 20.2 Å². The third-order valence-corrected chi connectivity index (χ3v) is 2.56. The van der Waals surface area contributed by atoms with Gasteiger partial charge in [-0.15, -0.1) is 12.3 Å². The van der Waals surface area contributed by atoms with Gasteiger partial charge in [0.25, 0.3) is 0 Å². The minimum Gasteiger partial charge on any atom is -0.388 e. The highest BCUT2D eigenvalue weighted by Gasteiger charge is 2.17. The standard InChI is InChI=1S/C15H18O/c1-4-14(12(2)3)15(16)11-10-13-8-6-5-7-9-13/h1,5-12,14-16H,2-3H3/b11-10+/t14-,15-/m0/s1. The van der Waals surface area contributed by atoms with Crippen LogP contribution in [0.25, 0.3) is 6.08 Å². The number of rotatable bonds is 4. The molecule has 1 N–H and O–H groups in total. The fourth-order valence-electron chi connectivity index (χ4n) is 1.58. The average Bonchev–Trinajstić information content (AvgIpc) is 2.28. The maximum absolute atomic E-state index is 9.91. The van der Waals surface area contributed by atoms with Crippen molar-refractivity contribution in [2.75, 3.05) is 0 Å². The number of aliphatic hydroxyl groups excluding tert-OH is 1. The van der Waals surface area contributed by atoms with Gasteiger partial charge >= 0.3 is 0 Å². The summed E-state index contributed by atoms with van der Waals surface area (Å²) in [7, 11) is 0. The summed E-state index contributed by atoms with van der Waals surface area (Å²) in [4.78, 5) is 0. The van der Waals surface area contributed by atoms with E-state index in [1.54, 1.807) is 6.08 Å². The van der Waals surface area contributed by atoms with Crippen molar-refractivity contribution in [3.05, 3.63) is 42.0 Å². The predicted molar refractivity (Wildman–Crippen MR) is 68.6 cm³/mol. The van der Waals surface area contributed by atoms with Crippen molar-refractivity contribution in [1.29, 1.82) is 0 Å². The summed E-state index contributed by atoms with van der Waals surface area (Å²) in [6.45, 7) is 4.04. The second-order valence-corrected chi connectivity index (χ2v) is 4.20. The van der Waals surface area contributed by atoms with Crippen LogP contribution in [0.2, 0.25) is 0 Å². The maximum Gasteiger partial charge on any atom is 0.0863 e. The molecule has 0 aliphatic carbocycles. The van der Waals surface area contributed by atoms with Gasteiger partial charge in [0.05, 0.1) is 12.0 Å². The lowest BCUT2D eigenvalue weighted by Gasteiger charge is -2.18. The van der Waals surface area contributed by atoms with Gasteiger partial charge in [0, 0.05) is 0 Å². The smallest absolute Gasteiger partial charge is 0.0863 e. The van der Waals surface area contributed by atoms with Crippen LogP contribution >= 0.6 is 0 Å². The van der Waals surface area contributed by atoms with Crippen LogP contribution in [-0.2, 0) is 0 Å². The summed E-state index contributed by atoms with van der Waals surface area (Å²) in [5, 5.41) is 9.91. The first-order chi connectivity index (χ1) is 7.65. The molecule has 0 heterocycles. The molecule has 1 aromatic carbocycles. The zero-order chi connectivity index (χ0) is 12.0. The Morgan fingerprint density at radius 1 is 1.25 bits per heavy atom. The SMILES string of the molecule is C#C[C@@H](C(C)C)[C@@H](O)/C=C/c1ccccc1. The van der Waals surface area contributed by atoms with E-state index in [1.807, 2.05) is 50.3 Å². The largest absolute Gasteiger partial charge is 0.388 e. The van der Waals surface area contributed by atoms with Gasteiger partial charge in [0.15, 0.2) is 0 Å². The van der Waals surface area contributed by atoms with Crippen molar-refractivity contribution in [1.82, 2.24) is 0 Å². The summed E-state index contributed by atoms with van der Waals surface area (Å²) < 4.78 is 0. The molecule has 16 heavy (non-hydrogen) atoms. The Hall–Kier alpha value is -1.52. The summed E-state index contributed by atoms with van der Waals surface area (Å²) in [5.41, 5.74) is 1.07. The van der Waals surface area contributed by atoms with Crippen LogP contribution in [0.3, 0.4) is 0 Å². The Bertz CT molecular complexity index is 370. The van der Waals surface area contributed by atoms with Crippen LogP contribution in [0.15, 0.2) is 36.4 Å². The van der Waals surface area contributed by atoms with Crippen molar-refractivity contribution in [3.8, 4) is 12.3 Å². The van der Waals surface area contributed by atoms with E-state index in [0.29, 0.717) is 0 Å². The summed E-state index contributed by atoms with van der Waals surface area (Å²) >= 11 is 0. The van der Waals surface area contributed by atoms with E-state index >= 15 is 0 Å². The fraction of sp³-hybridized carbons (Fsp3) is 0.333. The lowest BCUT2D eigenvalue weighted by atomic mass is 9.90. The Kier molecular flexibility index (Phi) is 4.82. The van der Waals surface area contributed by atoms with Gasteiger partial charge in [-0.3, -0.25) is 0 Å². The Labute approximate surface area is 97.8 Å². The molecule has 0 saturated carbocycles. The molecular formula is C15H18O. The van der Waals surface area contributed by atoms with Crippen LogP contribution in [0.5, 0.6) is 0 Å². The molecule has 0 unspecified atom stereocenters. The summed E-state index contributed by atoms with van der Waals surface area (Å²) in [6.07, 6.45) is 8.49. The van der Waals surface area contributed by atoms with Crippen molar-refractivity contribution < 1.29 is 5.11 Å². The fourth-order valence-corrected chi connectivity index (χ4v) is 1.58. The van der Waals surface area contributed by atoms with E-state index in [0.717, 1.165) is 5.56 Å². The third kappa shape index (κ3) is 3.56. The highest BCUT2D eigenvalue weighted by Crippen LogP contribution is 2.16. The highest BCUT2D eigenvalue weighted by molar-refractivity contribution is 5.49. The molecule has 1 aromatic rings. The number of hydrogen-bond donors (Lipinski definition) is 1. The van der Waals surface area contributed by atoms with Crippen molar-refractivity contribution in [2.45, 2.75) is 20.0 Å². The molecular weight excluding hydrogens is 196 g/mol. The van der Waals surface area contributed by atoms with E-state index in [1.165, 1.54) is 0 Å². The average molecular weight is 214 g/mol. The molecule has 0 saturated heterocycles. The molecule has 0 fully saturated rings. The van der Waals surface area contributed by atoms with E-state index in [2.05, 4.69) is 5.92 Å². The first-order valence-electron chi connectivity index (χ1n) is 5.52. The lowest BCUT2D eigenvalue weighted by molar-refractivity contribution is 0.157. The van der Waals surface area contributed by atoms with Gasteiger partial charge in [0.1, 0.15) is 0 Å². The number of aliphatic hydroxyl groups is 1. The first-order valence-corrected chi connectivity index (χ1v) is 5.52. The normalized spacial score (nSPS) is 14.9. The predicted octanol–water partition coefficient (Wildman–Crippen LogP) is 2.97. The minimum absolute atomic E-state index is 0.125. The van der Waals surface area contributed by atoms with Crippen LogP contribution in [0.1, 0.15) is 19.4 Å². The molecule has 1 heteroatoms. The van der Waals surface area contributed by atoms with Gasteiger partial charge < -0.3 is 5.11 Å². The zero-order valence-electron chi connectivity index (χ0n) is 9.80. The molecule has 0 aliphatic heterocycles. The van der Waals surface area contributed by atoms with Crippen molar-refractivity contribution >= 4 is 6.08 Å². The van der Waals surface area contributed by atoms with Crippen LogP contribution in [0.4, 0.5) is 0 Å². The molecule has 0 aliphatic rings. The molecule has 0 amide bonds. The minimum atomic E-state index is -0.579.